The Morgan fingerprint density at radius 3 is 2.59 bits per heavy atom. The van der Waals surface area contributed by atoms with Crippen LogP contribution in [0.4, 0.5) is 4.79 Å². The molecule has 5 nitrogen and oxygen atoms in total. The molecule has 0 aromatic heterocycles. The van der Waals surface area contributed by atoms with Crippen LogP contribution >= 0.6 is 0 Å². The van der Waals surface area contributed by atoms with Crippen LogP contribution in [0.25, 0.3) is 0 Å². The molecule has 0 atom stereocenters. The highest BCUT2D eigenvalue weighted by Crippen LogP contribution is 2.31. The number of rotatable bonds is 6. The van der Waals surface area contributed by atoms with Gasteiger partial charge in [-0.1, -0.05) is 18.9 Å². The molecule has 2 N–H and O–H groups in total. The third-order valence-corrected chi connectivity index (χ3v) is 4.23. The Morgan fingerprint density at radius 1 is 1.23 bits per heavy atom. The molecule has 0 heterocycles. The van der Waals surface area contributed by atoms with Crippen molar-refractivity contribution in [1.82, 2.24) is 10.6 Å². The number of carbonyl (C=O) groups excluding carboxylic acids is 1. The van der Waals surface area contributed by atoms with Crippen molar-refractivity contribution in [2.45, 2.75) is 45.1 Å². The van der Waals surface area contributed by atoms with Gasteiger partial charge in [-0.25, -0.2) is 4.79 Å². The number of amides is 2. The topological polar surface area (TPSA) is 59.6 Å². The summed E-state index contributed by atoms with van der Waals surface area (Å²) >= 11 is 0. The maximum Gasteiger partial charge on any atom is 0.315 e. The van der Waals surface area contributed by atoms with Crippen molar-refractivity contribution in [3.63, 3.8) is 0 Å². The second-order valence-corrected chi connectivity index (χ2v) is 5.72. The number of nitrogens with one attached hydrogen (secondary N) is 2. The molecule has 2 rings (SSSR count). The van der Waals surface area contributed by atoms with Crippen molar-refractivity contribution in [2.75, 3.05) is 20.8 Å². The van der Waals surface area contributed by atoms with Crippen molar-refractivity contribution in [3.05, 3.63) is 23.3 Å². The molecular weight excluding hydrogens is 280 g/mol. The van der Waals surface area contributed by atoms with Crippen LogP contribution in [0.1, 0.15) is 36.8 Å². The molecule has 0 unspecified atom stereocenters. The highest BCUT2D eigenvalue weighted by atomic mass is 16.5. The van der Waals surface area contributed by atoms with Gasteiger partial charge in [0, 0.05) is 18.2 Å². The van der Waals surface area contributed by atoms with Crippen molar-refractivity contribution in [3.8, 4) is 11.5 Å². The fourth-order valence-corrected chi connectivity index (χ4v) is 3.05. The quantitative estimate of drug-likeness (QED) is 0.849. The second-order valence-electron chi connectivity index (χ2n) is 5.72. The molecule has 2 amide bonds. The Hall–Kier alpha value is -1.91. The molecule has 0 bridgehead atoms. The van der Waals surface area contributed by atoms with Crippen LogP contribution in [0.15, 0.2) is 12.1 Å². The number of benzene rings is 1. The van der Waals surface area contributed by atoms with Crippen molar-refractivity contribution in [1.29, 1.82) is 0 Å². The third-order valence-electron chi connectivity index (χ3n) is 4.23. The van der Waals surface area contributed by atoms with E-state index in [0.717, 1.165) is 41.9 Å². The molecule has 5 heteroatoms. The van der Waals surface area contributed by atoms with Gasteiger partial charge in [0.2, 0.25) is 0 Å². The summed E-state index contributed by atoms with van der Waals surface area (Å²) in [6.07, 6.45) is 5.35. The van der Waals surface area contributed by atoms with Crippen LogP contribution in [-0.4, -0.2) is 32.8 Å². The molecule has 1 fully saturated rings. The fourth-order valence-electron chi connectivity index (χ4n) is 3.05. The maximum atomic E-state index is 11.8. The van der Waals surface area contributed by atoms with Crippen LogP contribution in [0.2, 0.25) is 0 Å². The van der Waals surface area contributed by atoms with Crippen molar-refractivity contribution in [2.24, 2.45) is 0 Å². The summed E-state index contributed by atoms with van der Waals surface area (Å²) in [5.74, 6) is 1.64. The van der Waals surface area contributed by atoms with E-state index >= 15 is 0 Å². The normalized spacial score (nSPS) is 14.7. The molecular formula is C17H26N2O3. The van der Waals surface area contributed by atoms with Crippen LogP contribution in [0.5, 0.6) is 11.5 Å². The first-order valence-electron chi connectivity index (χ1n) is 7.90. The van der Waals surface area contributed by atoms with Gasteiger partial charge in [0.05, 0.1) is 14.2 Å². The predicted molar refractivity (Wildman–Crippen MR) is 86.8 cm³/mol. The highest BCUT2D eigenvalue weighted by Gasteiger charge is 2.17. The maximum absolute atomic E-state index is 11.8. The lowest BCUT2D eigenvalue weighted by Gasteiger charge is -2.16. The second kappa shape index (κ2) is 7.92. The van der Waals surface area contributed by atoms with Crippen LogP contribution in [0, 0.1) is 6.92 Å². The minimum atomic E-state index is -0.0731. The third kappa shape index (κ3) is 4.06. The Morgan fingerprint density at radius 2 is 1.95 bits per heavy atom. The van der Waals surface area contributed by atoms with Gasteiger partial charge in [-0.05, 0) is 37.8 Å². The van der Waals surface area contributed by atoms with Gasteiger partial charge in [-0.2, -0.15) is 0 Å². The SMILES string of the molecule is COc1ccc(CCNC(=O)NC2CCCC2)c(OC)c1C. The van der Waals surface area contributed by atoms with E-state index in [4.69, 9.17) is 9.47 Å². The summed E-state index contributed by atoms with van der Waals surface area (Å²) in [4.78, 5) is 11.8. The van der Waals surface area contributed by atoms with Gasteiger partial charge in [-0.3, -0.25) is 0 Å². The number of hydrogen-bond acceptors (Lipinski definition) is 3. The van der Waals surface area contributed by atoms with E-state index < -0.39 is 0 Å². The molecule has 1 aliphatic rings. The first kappa shape index (κ1) is 16.5. The van der Waals surface area contributed by atoms with Gasteiger partial charge in [-0.15, -0.1) is 0 Å². The van der Waals surface area contributed by atoms with Gasteiger partial charge >= 0.3 is 6.03 Å². The number of methoxy groups -OCH3 is 2. The van der Waals surface area contributed by atoms with Gasteiger partial charge in [0.1, 0.15) is 11.5 Å². The monoisotopic (exact) mass is 306 g/mol. The van der Waals surface area contributed by atoms with E-state index in [1.54, 1.807) is 14.2 Å². The molecule has 1 saturated carbocycles. The molecule has 1 aromatic rings. The number of hydrogen-bond donors (Lipinski definition) is 2. The highest BCUT2D eigenvalue weighted by molar-refractivity contribution is 5.74. The lowest BCUT2D eigenvalue weighted by molar-refractivity contribution is 0.237. The number of carbonyl (C=O) groups is 1. The number of ether oxygens (including phenoxy) is 2. The molecule has 0 spiro atoms. The predicted octanol–water partition coefficient (Wildman–Crippen LogP) is 2.80. The zero-order chi connectivity index (χ0) is 15.9. The zero-order valence-corrected chi connectivity index (χ0v) is 13.7. The first-order chi connectivity index (χ1) is 10.7. The summed E-state index contributed by atoms with van der Waals surface area (Å²) in [6, 6.07) is 4.20. The van der Waals surface area contributed by atoms with E-state index in [2.05, 4.69) is 10.6 Å². The summed E-state index contributed by atoms with van der Waals surface area (Å²) in [7, 11) is 3.31. The van der Waals surface area contributed by atoms with E-state index in [9.17, 15) is 4.79 Å². The summed E-state index contributed by atoms with van der Waals surface area (Å²) in [6.45, 7) is 2.56. The molecule has 22 heavy (non-hydrogen) atoms. The molecule has 0 radical (unpaired) electrons. The lowest BCUT2D eigenvalue weighted by atomic mass is 10.1. The number of urea groups is 1. The zero-order valence-electron chi connectivity index (χ0n) is 13.7. The van der Waals surface area contributed by atoms with Gasteiger partial charge in [0.25, 0.3) is 0 Å². The average Bonchev–Trinajstić information content (AvgIpc) is 3.00. The smallest absolute Gasteiger partial charge is 0.315 e. The minimum Gasteiger partial charge on any atom is -0.496 e. The Kier molecular flexibility index (Phi) is 5.92. The standard InChI is InChI=1S/C17H26N2O3/c1-12-15(21-2)9-8-13(16(12)22-3)10-11-18-17(20)19-14-6-4-5-7-14/h8-9,14H,4-7,10-11H2,1-3H3,(H2,18,19,20). The van der Waals surface area contributed by atoms with Crippen LogP contribution in [-0.2, 0) is 6.42 Å². The first-order valence-corrected chi connectivity index (χ1v) is 7.90. The van der Waals surface area contributed by atoms with Gasteiger partial charge < -0.3 is 20.1 Å². The molecule has 0 saturated heterocycles. The average molecular weight is 306 g/mol. The Labute approximate surface area is 132 Å². The summed E-state index contributed by atoms with van der Waals surface area (Å²) in [5.41, 5.74) is 2.06. The molecule has 0 aliphatic heterocycles. The van der Waals surface area contributed by atoms with E-state index in [1.807, 2.05) is 19.1 Å². The van der Waals surface area contributed by atoms with Crippen molar-refractivity contribution >= 4 is 6.03 Å². The van der Waals surface area contributed by atoms with Crippen molar-refractivity contribution < 1.29 is 14.3 Å². The lowest BCUT2D eigenvalue weighted by Crippen LogP contribution is -2.41. The Bertz CT molecular complexity index is 511. The largest absolute Gasteiger partial charge is 0.496 e. The van der Waals surface area contributed by atoms with E-state index in [-0.39, 0.29) is 6.03 Å². The summed E-state index contributed by atoms with van der Waals surface area (Å²) in [5, 5.41) is 5.94. The van der Waals surface area contributed by atoms with E-state index in [1.165, 1.54) is 12.8 Å². The Balaban J connectivity index is 1.85. The fraction of sp³-hybridized carbons (Fsp3) is 0.588. The molecule has 122 valence electrons. The molecule has 1 aliphatic carbocycles. The van der Waals surface area contributed by atoms with Crippen LogP contribution in [0.3, 0.4) is 0 Å². The van der Waals surface area contributed by atoms with Crippen LogP contribution < -0.4 is 20.1 Å². The van der Waals surface area contributed by atoms with E-state index in [0.29, 0.717) is 12.6 Å². The summed E-state index contributed by atoms with van der Waals surface area (Å²) < 4.78 is 10.8. The minimum absolute atomic E-state index is 0.0731. The molecule has 1 aromatic carbocycles. The van der Waals surface area contributed by atoms with Gasteiger partial charge in [0.15, 0.2) is 0 Å².